The van der Waals surface area contributed by atoms with Gasteiger partial charge in [-0.1, -0.05) is 97.1 Å². The SMILES string of the molecule is COc1c2c(c(C)c3ccccc13)-c1nc-2nc2[nH]c(nc3nc(nc4[nH]c(n1)c1c(C)c5ccccc5c(OC)c41)-c1c-3c(OC)c3ccccc3c1C)c1c(OC)c3ccccc3c(C)c21. The lowest BCUT2D eigenvalue weighted by molar-refractivity contribution is 0.421. The van der Waals surface area contributed by atoms with Crippen LogP contribution < -0.4 is 18.9 Å². The van der Waals surface area contributed by atoms with Gasteiger partial charge in [0.1, 0.15) is 45.6 Å². The Hall–Kier alpha value is -8.64. The average Bonchev–Trinajstić information content (AvgIpc) is 4.11. The minimum Gasteiger partial charge on any atom is -0.495 e. The number of nitrogens with one attached hydrogen (secondary N) is 2. The van der Waals surface area contributed by atoms with Crippen molar-refractivity contribution in [3.05, 3.63) is 119 Å². The first-order valence-electron chi connectivity index (χ1n) is 22.4. The smallest absolute Gasteiger partial charge is 0.168 e. The van der Waals surface area contributed by atoms with Crippen molar-refractivity contribution >= 4 is 87.2 Å². The molecule has 2 N–H and O–H groups in total. The highest BCUT2D eigenvalue weighted by Gasteiger charge is 2.32. The zero-order valence-electron chi connectivity index (χ0n) is 38.6. The van der Waals surface area contributed by atoms with Crippen molar-refractivity contribution in [3.63, 3.8) is 0 Å². The summed E-state index contributed by atoms with van der Waals surface area (Å²) in [5.74, 6) is 4.38. The maximum atomic E-state index is 6.36. The van der Waals surface area contributed by atoms with Gasteiger partial charge in [-0.25, -0.2) is 29.9 Å². The van der Waals surface area contributed by atoms with E-state index in [4.69, 9.17) is 48.9 Å². The molecule has 12 heteroatoms. The maximum absolute atomic E-state index is 6.36. The van der Waals surface area contributed by atoms with E-state index in [9.17, 15) is 0 Å². The molecule has 0 amide bonds. The van der Waals surface area contributed by atoms with Crippen LogP contribution in [0.4, 0.5) is 0 Å². The Morgan fingerprint density at radius 3 is 0.882 bits per heavy atom. The number of benzene rings is 8. The molecule has 0 atom stereocenters. The van der Waals surface area contributed by atoms with E-state index in [1.54, 1.807) is 28.4 Å². The largest absolute Gasteiger partial charge is 0.495 e. The number of aromatic nitrogens is 8. The van der Waals surface area contributed by atoms with E-state index in [-0.39, 0.29) is 0 Å². The Bertz CT molecular complexity index is 4270. The van der Waals surface area contributed by atoms with Crippen LogP contribution in [-0.2, 0) is 0 Å². The molecule has 2 aliphatic heterocycles. The summed E-state index contributed by atoms with van der Waals surface area (Å²) >= 11 is 0. The summed E-state index contributed by atoms with van der Waals surface area (Å²) in [7, 11) is 6.77. The van der Waals surface area contributed by atoms with Crippen LogP contribution >= 0.6 is 0 Å². The number of rotatable bonds is 4. The van der Waals surface area contributed by atoms with E-state index in [1.165, 1.54) is 0 Å². The number of methoxy groups -OCH3 is 4. The number of fused-ring (bicyclic) bond motifs is 24. The van der Waals surface area contributed by atoms with Gasteiger partial charge in [-0.15, -0.1) is 0 Å². The highest BCUT2D eigenvalue weighted by atomic mass is 16.5. The number of nitrogens with zero attached hydrogens (tertiary/aromatic N) is 6. The van der Waals surface area contributed by atoms with Crippen molar-refractivity contribution in [2.45, 2.75) is 27.7 Å². The van der Waals surface area contributed by atoms with Crippen molar-refractivity contribution in [1.29, 1.82) is 0 Å². The molecule has 3 aromatic heterocycles. The Morgan fingerprint density at radius 1 is 0.294 bits per heavy atom. The quantitative estimate of drug-likeness (QED) is 0.175. The Labute approximate surface area is 388 Å². The number of H-pyrrole nitrogens is 2. The fraction of sp³-hybridized carbons (Fsp3) is 0.143. The van der Waals surface area contributed by atoms with Gasteiger partial charge < -0.3 is 28.9 Å². The molecule has 5 heterocycles. The van der Waals surface area contributed by atoms with Crippen molar-refractivity contribution in [3.8, 4) is 68.5 Å². The first-order chi connectivity index (χ1) is 33.2. The van der Waals surface area contributed by atoms with E-state index in [0.717, 1.165) is 109 Å². The molecule has 0 saturated carbocycles. The number of aryl methyl sites for hydroxylation is 4. The van der Waals surface area contributed by atoms with Gasteiger partial charge in [-0.2, -0.15) is 0 Å². The minimum absolute atomic E-state index is 0.413. The van der Waals surface area contributed by atoms with E-state index in [1.807, 2.05) is 48.5 Å². The third-order valence-electron chi connectivity index (χ3n) is 14.1. The summed E-state index contributed by atoms with van der Waals surface area (Å²) in [6.07, 6.45) is 0. The Morgan fingerprint density at radius 2 is 0.559 bits per heavy atom. The van der Waals surface area contributed by atoms with Crippen molar-refractivity contribution in [2.75, 3.05) is 28.4 Å². The van der Waals surface area contributed by atoms with Crippen LogP contribution in [0, 0.1) is 27.7 Å². The summed E-state index contributed by atoms with van der Waals surface area (Å²) in [6.45, 7) is 8.44. The second-order valence-corrected chi connectivity index (χ2v) is 17.4. The molecular weight excluding hydrogens is 849 g/mol. The zero-order chi connectivity index (χ0) is 46.3. The predicted octanol–water partition coefficient (Wildman–Crippen LogP) is 12.8. The first-order valence-corrected chi connectivity index (χ1v) is 22.4. The van der Waals surface area contributed by atoms with Gasteiger partial charge >= 0.3 is 0 Å². The van der Waals surface area contributed by atoms with Crippen LogP contribution in [0.5, 0.6) is 23.0 Å². The molecule has 0 spiro atoms. The molecule has 11 aromatic rings. The summed E-state index contributed by atoms with van der Waals surface area (Å²) < 4.78 is 25.4. The molecule has 0 radical (unpaired) electrons. The normalized spacial score (nSPS) is 12.1. The van der Waals surface area contributed by atoms with Crippen molar-refractivity contribution < 1.29 is 18.9 Å². The third kappa shape index (κ3) is 5.19. The summed E-state index contributed by atoms with van der Waals surface area (Å²) in [5.41, 5.74) is 9.19. The molecule has 13 rings (SSSR count). The third-order valence-corrected chi connectivity index (χ3v) is 14.1. The molecule has 8 bridgehead atoms. The van der Waals surface area contributed by atoms with E-state index in [0.29, 0.717) is 68.9 Å². The number of ether oxygens (including phenoxy) is 4. The Balaban J connectivity index is 1.33. The van der Waals surface area contributed by atoms with Crippen molar-refractivity contribution in [1.82, 2.24) is 39.9 Å². The fourth-order valence-electron chi connectivity index (χ4n) is 11.2. The number of hydrogen-bond donors (Lipinski definition) is 2. The second-order valence-electron chi connectivity index (χ2n) is 17.4. The molecule has 0 fully saturated rings. The standard InChI is InChI=1S/C56H42N8O4/c1-25-29-17-9-13-21-33(29)45(65-5)41-37(25)49-57-50-38-26(2)30-18-10-14-22-34(30)46(66-6)42(38)54(59-50)61-52-40-28(4)32-20-12-16-24-36(32)48(68-8)44(40)56(63-52)64-55-43-39(51(62-55)60-53(41)58-49)27(3)31-19-11-15-23-35(31)47(43)67-7/h9-24H,1-8H3,(H2,57,58,59,60,61,62,63,64). The van der Waals surface area contributed by atoms with Gasteiger partial charge in [0.05, 0.1) is 50.3 Å². The molecule has 8 aromatic carbocycles. The average molecular weight is 891 g/mol. The van der Waals surface area contributed by atoms with Gasteiger partial charge in [0.2, 0.25) is 0 Å². The van der Waals surface area contributed by atoms with E-state index < -0.39 is 0 Å². The fourth-order valence-corrected chi connectivity index (χ4v) is 11.2. The maximum Gasteiger partial charge on any atom is 0.168 e. The van der Waals surface area contributed by atoms with Gasteiger partial charge in [-0.05, 0) is 71.5 Å². The number of aromatic amines is 2. The van der Waals surface area contributed by atoms with Gasteiger partial charge in [0.25, 0.3) is 0 Å². The van der Waals surface area contributed by atoms with Crippen LogP contribution in [0.1, 0.15) is 22.3 Å². The molecule has 0 unspecified atom stereocenters. The minimum atomic E-state index is 0.413. The summed E-state index contributed by atoms with van der Waals surface area (Å²) in [6, 6.07) is 32.9. The zero-order valence-corrected chi connectivity index (χ0v) is 38.6. The Kier molecular flexibility index (Phi) is 8.42. The van der Waals surface area contributed by atoms with Crippen molar-refractivity contribution in [2.24, 2.45) is 0 Å². The van der Waals surface area contributed by atoms with Crippen LogP contribution in [0.3, 0.4) is 0 Å². The topological polar surface area (TPSA) is 146 Å². The van der Waals surface area contributed by atoms with Crippen LogP contribution in [-0.4, -0.2) is 68.3 Å². The lowest BCUT2D eigenvalue weighted by Gasteiger charge is -2.14. The molecule has 0 aliphatic carbocycles. The molecule has 0 saturated heterocycles. The highest BCUT2D eigenvalue weighted by molar-refractivity contribution is 6.21. The van der Waals surface area contributed by atoms with E-state index in [2.05, 4.69) is 86.2 Å². The molecule has 12 nitrogen and oxygen atoms in total. The monoisotopic (exact) mass is 890 g/mol. The van der Waals surface area contributed by atoms with Crippen LogP contribution in [0.2, 0.25) is 0 Å². The lowest BCUT2D eigenvalue weighted by atomic mass is 9.94. The molecule has 2 aliphatic rings. The van der Waals surface area contributed by atoms with Crippen LogP contribution in [0.25, 0.3) is 133 Å². The van der Waals surface area contributed by atoms with Crippen LogP contribution in [0.15, 0.2) is 97.1 Å². The molecular formula is C56H42N8O4. The van der Waals surface area contributed by atoms with Gasteiger partial charge in [-0.3, -0.25) is 0 Å². The molecule has 330 valence electrons. The first kappa shape index (κ1) is 39.7. The predicted molar refractivity (Wildman–Crippen MR) is 271 cm³/mol. The second kappa shape index (κ2) is 14.4. The summed E-state index contributed by atoms with van der Waals surface area (Å²) in [4.78, 5) is 40.1. The highest BCUT2D eigenvalue weighted by Crippen LogP contribution is 2.51. The summed E-state index contributed by atoms with van der Waals surface area (Å²) in [5, 5.41) is 11.0. The van der Waals surface area contributed by atoms with Gasteiger partial charge in [0, 0.05) is 43.4 Å². The van der Waals surface area contributed by atoms with E-state index >= 15 is 0 Å². The van der Waals surface area contributed by atoms with Gasteiger partial charge in [0.15, 0.2) is 23.3 Å². The number of hydrogen-bond acceptors (Lipinski definition) is 10. The lowest BCUT2D eigenvalue weighted by Crippen LogP contribution is -1.95. The molecule has 68 heavy (non-hydrogen) atoms.